The molecule has 1 N–H and O–H groups in total. The Morgan fingerprint density at radius 2 is 1.49 bits per heavy atom. The van der Waals surface area contributed by atoms with Crippen LogP contribution in [0.3, 0.4) is 0 Å². The van der Waals surface area contributed by atoms with Gasteiger partial charge in [-0.1, -0.05) is 67.1 Å². The van der Waals surface area contributed by atoms with Crippen molar-refractivity contribution in [2.24, 2.45) is 0 Å². The molecular weight excluding hydrogens is 642 g/mol. The molecule has 0 saturated heterocycles. The highest BCUT2D eigenvalue weighted by Crippen LogP contribution is 2.33. The number of carbonyl (C=O) groups excluding carboxylic acids is 2. The Morgan fingerprint density at radius 3 is 2.10 bits per heavy atom. The van der Waals surface area contributed by atoms with Crippen LogP contribution in [0, 0.1) is 6.92 Å². The van der Waals surface area contributed by atoms with Crippen LogP contribution < -0.4 is 23.8 Å². The summed E-state index contributed by atoms with van der Waals surface area (Å²) in [5.41, 5.74) is 2.96. The van der Waals surface area contributed by atoms with Gasteiger partial charge in [0.15, 0.2) is 11.5 Å². The second kappa shape index (κ2) is 17.4. The number of hydrogen-bond donors (Lipinski definition) is 1. The number of benzene rings is 4. The molecular formula is C38H45N3O7S. The fourth-order valence-corrected chi connectivity index (χ4v) is 6.75. The molecule has 0 aromatic heterocycles. The predicted molar refractivity (Wildman–Crippen MR) is 191 cm³/mol. The fourth-order valence-electron chi connectivity index (χ4n) is 5.32. The number of anilines is 1. The molecule has 0 radical (unpaired) electrons. The lowest BCUT2D eigenvalue weighted by atomic mass is 10.0. The number of ether oxygens (including phenoxy) is 3. The van der Waals surface area contributed by atoms with Crippen LogP contribution in [-0.4, -0.2) is 65.1 Å². The highest BCUT2D eigenvalue weighted by atomic mass is 32.2. The van der Waals surface area contributed by atoms with E-state index in [0.717, 1.165) is 21.0 Å². The maximum absolute atomic E-state index is 14.6. The molecule has 4 aromatic carbocycles. The number of amides is 2. The van der Waals surface area contributed by atoms with Gasteiger partial charge in [0.25, 0.3) is 10.0 Å². The normalized spacial score (nSPS) is 11.7. The standard InChI is InChI=1S/C38H45N3O7S/c1-6-23-39-38(43)34(24-29-11-9-8-10-12-29)40(26-30-15-13-28(3)14-16-30)37(42)27-41(31-17-19-32(20-18-31)48-7-2)49(44,45)33-21-22-35(46-4)36(25-33)47-5/h8-22,25,34H,6-7,23-24,26-27H2,1-5H3,(H,39,43)/t34-/m0/s1. The number of carbonyl (C=O) groups is 2. The zero-order valence-electron chi connectivity index (χ0n) is 28.7. The average Bonchev–Trinajstić information content (AvgIpc) is 3.12. The van der Waals surface area contributed by atoms with Crippen LogP contribution in [0.4, 0.5) is 5.69 Å². The van der Waals surface area contributed by atoms with Crippen LogP contribution in [-0.2, 0) is 32.6 Å². The van der Waals surface area contributed by atoms with E-state index in [1.807, 2.05) is 75.4 Å². The molecule has 0 saturated carbocycles. The van der Waals surface area contributed by atoms with Crippen molar-refractivity contribution >= 4 is 27.5 Å². The van der Waals surface area contributed by atoms with E-state index in [0.29, 0.717) is 31.1 Å². The second-order valence-electron chi connectivity index (χ2n) is 11.5. The fraction of sp³-hybridized carbons (Fsp3) is 0.316. The first-order valence-electron chi connectivity index (χ1n) is 16.3. The zero-order chi connectivity index (χ0) is 35.4. The van der Waals surface area contributed by atoms with Gasteiger partial charge in [0.2, 0.25) is 11.8 Å². The van der Waals surface area contributed by atoms with E-state index < -0.39 is 28.5 Å². The Hall–Kier alpha value is -5.03. The van der Waals surface area contributed by atoms with Crippen LogP contribution in [0.2, 0.25) is 0 Å². The molecule has 0 aliphatic rings. The topological polar surface area (TPSA) is 114 Å². The van der Waals surface area contributed by atoms with Gasteiger partial charge in [0, 0.05) is 25.6 Å². The lowest BCUT2D eigenvalue weighted by molar-refractivity contribution is -0.140. The third kappa shape index (κ3) is 9.54. The molecule has 0 heterocycles. The Labute approximate surface area is 289 Å². The Balaban J connectivity index is 1.82. The highest BCUT2D eigenvalue weighted by Gasteiger charge is 2.35. The quantitative estimate of drug-likeness (QED) is 0.150. The van der Waals surface area contributed by atoms with Crippen LogP contribution in [0.15, 0.2) is 102 Å². The molecule has 11 heteroatoms. The molecule has 0 spiro atoms. The lowest BCUT2D eigenvalue weighted by Crippen LogP contribution is -2.53. The van der Waals surface area contributed by atoms with Gasteiger partial charge >= 0.3 is 0 Å². The molecule has 0 unspecified atom stereocenters. The van der Waals surface area contributed by atoms with Crippen LogP contribution in [0.25, 0.3) is 0 Å². The third-order valence-electron chi connectivity index (χ3n) is 7.95. The van der Waals surface area contributed by atoms with E-state index in [4.69, 9.17) is 14.2 Å². The van der Waals surface area contributed by atoms with Crippen molar-refractivity contribution < 1.29 is 32.2 Å². The van der Waals surface area contributed by atoms with Crippen LogP contribution in [0.1, 0.15) is 37.0 Å². The molecule has 1 atom stereocenters. The van der Waals surface area contributed by atoms with Gasteiger partial charge in [-0.15, -0.1) is 0 Å². The van der Waals surface area contributed by atoms with Gasteiger partial charge in [-0.25, -0.2) is 8.42 Å². The monoisotopic (exact) mass is 687 g/mol. The van der Waals surface area contributed by atoms with E-state index >= 15 is 0 Å². The molecule has 0 aliphatic heterocycles. The summed E-state index contributed by atoms with van der Waals surface area (Å²) in [7, 11) is -1.48. The minimum Gasteiger partial charge on any atom is -0.494 e. The molecule has 260 valence electrons. The number of rotatable bonds is 17. The smallest absolute Gasteiger partial charge is 0.264 e. The van der Waals surface area contributed by atoms with Gasteiger partial charge in [0.05, 0.1) is 31.4 Å². The second-order valence-corrected chi connectivity index (χ2v) is 13.3. The molecule has 4 aromatic rings. The van der Waals surface area contributed by atoms with Crippen molar-refractivity contribution in [2.75, 3.05) is 38.2 Å². The first kappa shape index (κ1) is 36.8. The van der Waals surface area contributed by atoms with Crippen LogP contribution >= 0.6 is 0 Å². The minimum absolute atomic E-state index is 0.0870. The molecule has 10 nitrogen and oxygen atoms in total. The van der Waals surface area contributed by atoms with E-state index in [1.54, 1.807) is 24.3 Å². The van der Waals surface area contributed by atoms with Crippen molar-refractivity contribution in [3.63, 3.8) is 0 Å². The van der Waals surface area contributed by atoms with Gasteiger partial charge < -0.3 is 24.4 Å². The maximum atomic E-state index is 14.6. The number of aryl methyl sites for hydroxylation is 1. The summed E-state index contributed by atoms with van der Waals surface area (Å²) in [5.74, 6) is 0.263. The van der Waals surface area contributed by atoms with Gasteiger partial charge in [-0.3, -0.25) is 13.9 Å². The van der Waals surface area contributed by atoms with Crippen LogP contribution in [0.5, 0.6) is 17.2 Å². The van der Waals surface area contributed by atoms with Crippen molar-refractivity contribution in [1.82, 2.24) is 10.2 Å². The van der Waals surface area contributed by atoms with Gasteiger partial charge in [-0.2, -0.15) is 0 Å². The maximum Gasteiger partial charge on any atom is 0.264 e. The number of hydrogen-bond acceptors (Lipinski definition) is 7. The summed E-state index contributed by atoms with van der Waals surface area (Å²) >= 11 is 0. The first-order valence-corrected chi connectivity index (χ1v) is 17.7. The molecule has 4 rings (SSSR count). The Kier molecular flexibility index (Phi) is 13.1. The van der Waals surface area contributed by atoms with Gasteiger partial charge in [0.1, 0.15) is 18.3 Å². The molecule has 0 aliphatic carbocycles. The summed E-state index contributed by atoms with van der Waals surface area (Å²) in [4.78, 5) is 29.9. The van der Waals surface area contributed by atoms with E-state index in [1.165, 1.54) is 37.3 Å². The van der Waals surface area contributed by atoms with E-state index in [9.17, 15) is 18.0 Å². The Bertz CT molecular complexity index is 1780. The Morgan fingerprint density at radius 1 is 0.816 bits per heavy atom. The van der Waals surface area contributed by atoms with Crippen molar-refractivity contribution in [3.8, 4) is 17.2 Å². The summed E-state index contributed by atoms with van der Waals surface area (Å²) < 4.78 is 46.3. The van der Waals surface area contributed by atoms with E-state index in [2.05, 4.69) is 5.32 Å². The van der Waals surface area contributed by atoms with Gasteiger partial charge in [-0.05, 0) is 67.8 Å². The zero-order valence-corrected chi connectivity index (χ0v) is 29.5. The molecule has 0 bridgehead atoms. The first-order chi connectivity index (χ1) is 23.6. The number of sulfonamides is 1. The summed E-state index contributed by atoms with van der Waals surface area (Å²) in [6.07, 6.45) is 0.949. The summed E-state index contributed by atoms with van der Waals surface area (Å²) in [6.45, 7) is 6.15. The molecule has 49 heavy (non-hydrogen) atoms. The lowest BCUT2D eigenvalue weighted by Gasteiger charge is -2.34. The number of nitrogens with one attached hydrogen (secondary N) is 1. The molecule has 2 amide bonds. The largest absolute Gasteiger partial charge is 0.494 e. The van der Waals surface area contributed by atoms with E-state index in [-0.39, 0.29) is 35.2 Å². The van der Waals surface area contributed by atoms with Crippen molar-refractivity contribution in [2.45, 2.75) is 51.1 Å². The number of methoxy groups -OCH3 is 2. The van der Waals surface area contributed by atoms with Crippen molar-refractivity contribution in [3.05, 3.63) is 114 Å². The third-order valence-corrected chi connectivity index (χ3v) is 9.72. The predicted octanol–water partition coefficient (Wildman–Crippen LogP) is 5.77. The number of nitrogens with zero attached hydrogens (tertiary/aromatic N) is 2. The molecule has 0 fully saturated rings. The van der Waals surface area contributed by atoms with Crippen molar-refractivity contribution in [1.29, 1.82) is 0 Å². The minimum atomic E-state index is -4.35. The highest BCUT2D eigenvalue weighted by molar-refractivity contribution is 7.92. The SMILES string of the molecule is CCCNC(=O)[C@H](Cc1ccccc1)N(Cc1ccc(C)cc1)C(=O)CN(c1ccc(OCC)cc1)S(=O)(=O)c1ccc(OC)c(OC)c1. The summed E-state index contributed by atoms with van der Waals surface area (Å²) in [5, 5.41) is 2.96. The average molecular weight is 688 g/mol. The summed E-state index contributed by atoms with van der Waals surface area (Å²) in [6, 6.07) is 27.0.